The quantitative estimate of drug-likeness (QED) is 0.917. The van der Waals surface area contributed by atoms with Crippen LogP contribution in [0.1, 0.15) is 0 Å². The van der Waals surface area contributed by atoms with E-state index in [4.69, 9.17) is 15.2 Å². The first-order chi connectivity index (χ1) is 10.6. The van der Waals surface area contributed by atoms with Crippen molar-refractivity contribution < 1.29 is 19.1 Å². The maximum absolute atomic E-state index is 12.0. The number of benzene rings is 2. The Labute approximate surface area is 128 Å². The van der Waals surface area contributed by atoms with Crippen molar-refractivity contribution in [2.24, 2.45) is 5.73 Å². The molecule has 6 heteroatoms. The molecule has 2 N–H and O–H groups in total. The van der Waals surface area contributed by atoms with Gasteiger partial charge in [0.15, 0.2) is 6.61 Å². The predicted octanol–water partition coefficient (Wildman–Crippen LogP) is 2.19. The molecule has 0 heterocycles. The van der Waals surface area contributed by atoms with Gasteiger partial charge in [-0.15, -0.1) is 0 Å². The third-order valence-electron chi connectivity index (χ3n) is 2.83. The molecule has 0 aliphatic heterocycles. The van der Waals surface area contributed by atoms with Gasteiger partial charge < -0.3 is 15.2 Å². The molecule has 0 saturated carbocycles. The van der Waals surface area contributed by atoms with Crippen molar-refractivity contribution >= 4 is 17.7 Å². The molecule has 2 amide bonds. The smallest absolute Gasteiger partial charge is 0.419 e. The van der Waals surface area contributed by atoms with Gasteiger partial charge in [0.2, 0.25) is 0 Å². The van der Waals surface area contributed by atoms with Crippen LogP contribution in [0.15, 0.2) is 54.6 Å². The SMILES string of the molecule is CN(C(=O)Oc1ccccc1)c1ccc(OCC(N)=O)cc1. The molecule has 0 fully saturated rings. The molecule has 0 aromatic heterocycles. The second kappa shape index (κ2) is 7.12. The Kier molecular flexibility index (Phi) is 4.98. The van der Waals surface area contributed by atoms with Gasteiger partial charge in [-0.3, -0.25) is 9.69 Å². The van der Waals surface area contributed by atoms with Gasteiger partial charge >= 0.3 is 6.09 Å². The van der Waals surface area contributed by atoms with Crippen LogP contribution in [0.3, 0.4) is 0 Å². The van der Waals surface area contributed by atoms with Crippen molar-refractivity contribution in [3.63, 3.8) is 0 Å². The van der Waals surface area contributed by atoms with Gasteiger partial charge in [-0.05, 0) is 36.4 Å². The highest BCUT2D eigenvalue weighted by Crippen LogP contribution is 2.20. The van der Waals surface area contributed by atoms with Crippen molar-refractivity contribution in [3.05, 3.63) is 54.6 Å². The zero-order chi connectivity index (χ0) is 15.9. The Morgan fingerprint density at radius 2 is 1.64 bits per heavy atom. The van der Waals surface area contributed by atoms with Crippen LogP contribution >= 0.6 is 0 Å². The standard InChI is InChI=1S/C16H16N2O4/c1-18(16(20)22-14-5-3-2-4-6-14)12-7-9-13(10-8-12)21-11-15(17)19/h2-10H,11H2,1H3,(H2,17,19). The number of para-hydroxylation sites is 1. The average Bonchev–Trinajstić information content (AvgIpc) is 2.53. The van der Waals surface area contributed by atoms with Crippen LogP contribution in [0, 0.1) is 0 Å². The topological polar surface area (TPSA) is 81.9 Å². The summed E-state index contributed by atoms with van der Waals surface area (Å²) in [5, 5.41) is 0. The number of carbonyl (C=O) groups is 2. The first-order valence-electron chi connectivity index (χ1n) is 6.58. The molecule has 0 unspecified atom stereocenters. The van der Waals surface area contributed by atoms with Crippen molar-refractivity contribution in [1.29, 1.82) is 0 Å². The van der Waals surface area contributed by atoms with Gasteiger partial charge in [0.25, 0.3) is 5.91 Å². The number of rotatable bonds is 5. The van der Waals surface area contributed by atoms with Gasteiger partial charge in [0.1, 0.15) is 11.5 Å². The van der Waals surface area contributed by atoms with Gasteiger partial charge in [-0.2, -0.15) is 0 Å². The van der Waals surface area contributed by atoms with Crippen molar-refractivity contribution in [2.75, 3.05) is 18.6 Å². The Morgan fingerprint density at radius 1 is 1.00 bits per heavy atom. The van der Waals surface area contributed by atoms with E-state index in [1.807, 2.05) is 6.07 Å². The number of hydrogen-bond donors (Lipinski definition) is 1. The van der Waals surface area contributed by atoms with Crippen LogP contribution in [0.2, 0.25) is 0 Å². The van der Waals surface area contributed by atoms with Crippen LogP contribution in [0.5, 0.6) is 11.5 Å². The summed E-state index contributed by atoms with van der Waals surface area (Å²) in [7, 11) is 1.60. The van der Waals surface area contributed by atoms with E-state index in [0.717, 1.165) is 0 Å². The molecular weight excluding hydrogens is 284 g/mol. The molecule has 0 radical (unpaired) electrons. The lowest BCUT2D eigenvalue weighted by atomic mass is 10.3. The van der Waals surface area contributed by atoms with Gasteiger partial charge in [0.05, 0.1) is 0 Å². The molecule has 0 aliphatic rings. The van der Waals surface area contributed by atoms with Gasteiger partial charge in [0, 0.05) is 12.7 Å². The number of ether oxygens (including phenoxy) is 2. The van der Waals surface area contributed by atoms with Crippen molar-refractivity contribution in [3.8, 4) is 11.5 Å². The number of anilines is 1. The molecule has 2 aromatic carbocycles. The van der Waals surface area contributed by atoms with E-state index in [-0.39, 0.29) is 6.61 Å². The molecule has 2 rings (SSSR count). The van der Waals surface area contributed by atoms with Gasteiger partial charge in [-0.25, -0.2) is 4.79 Å². The van der Waals surface area contributed by atoms with Crippen molar-refractivity contribution in [2.45, 2.75) is 0 Å². The maximum atomic E-state index is 12.0. The van der Waals surface area contributed by atoms with E-state index >= 15 is 0 Å². The predicted molar refractivity (Wildman–Crippen MR) is 82.0 cm³/mol. The summed E-state index contributed by atoms with van der Waals surface area (Å²) in [5.41, 5.74) is 5.63. The largest absolute Gasteiger partial charge is 0.484 e. The molecule has 0 saturated heterocycles. The van der Waals surface area contributed by atoms with E-state index in [0.29, 0.717) is 17.2 Å². The summed E-state index contributed by atoms with van der Waals surface area (Å²) < 4.78 is 10.4. The summed E-state index contributed by atoms with van der Waals surface area (Å²) in [4.78, 5) is 24.0. The number of amides is 2. The van der Waals surface area contributed by atoms with Crippen LogP contribution in [0.25, 0.3) is 0 Å². The number of nitrogens with two attached hydrogens (primary N) is 1. The first-order valence-corrected chi connectivity index (χ1v) is 6.58. The fourth-order valence-corrected chi connectivity index (χ4v) is 1.68. The van der Waals surface area contributed by atoms with E-state index in [1.54, 1.807) is 55.6 Å². The van der Waals surface area contributed by atoms with Crippen LogP contribution in [0.4, 0.5) is 10.5 Å². The maximum Gasteiger partial charge on any atom is 0.419 e. The zero-order valence-corrected chi connectivity index (χ0v) is 12.1. The van der Waals surface area contributed by atoms with E-state index in [2.05, 4.69) is 0 Å². The third kappa shape index (κ3) is 4.24. The van der Waals surface area contributed by atoms with Crippen LogP contribution in [-0.2, 0) is 4.79 Å². The Hall–Kier alpha value is -3.02. The summed E-state index contributed by atoms with van der Waals surface area (Å²) in [5.74, 6) is 0.417. The summed E-state index contributed by atoms with van der Waals surface area (Å²) in [6.07, 6.45) is -0.503. The van der Waals surface area contributed by atoms with E-state index < -0.39 is 12.0 Å². The number of hydrogen-bond acceptors (Lipinski definition) is 4. The summed E-state index contributed by atoms with van der Waals surface area (Å²) >= 11 is 0. The highest BCUT2D eigenvalue weighted by molar-refractivity contribution is 5.88. The molecule has 22 heavy (non-hydrogen) atoms. The minimum absolute atomic E-state index is 0.189. The van der Waals surface area contributed by atoms with Crippen LogP contribution < -0.4 is 20.1 Å². The lowest BCUT2D eigenvalue weighted by Gasteiger charge is -2.17. The summed E-state index contributed by atoms with van der Waals surface area (Å²) in [6.45, 7) is -0.189. The molecule has 0 spiro atoms. The van der Waals surface area contributed by atoms with Crippen molar-refractivity contribution in [1.82, 2.24) is 0 Å². The second-order valence-electron chi connectivity index (χ2n) is 4.49. The van der Waals surface area contributed by atoms with E-state index in [9.17, 15) is 9.59 Å². The fourth-order valence-electron chi connectivity index (χ4n) is 1.68. The fraction of sp³-hybridized carbons (Fsp3) is 0.125. The molecule has 6 nitrogen and oxygen atoms in total. The monoisotopic (exact) mass is 300 g/mol. The van der Waals surface area contributed by atoms with Gasteiger partial charge in [-0.1, -0.05) is 18.2 Å². The first kappa shape index (κ1) is 15.4. The minimum Gasteiger partial charge on any atom is -0.484 e. The number of primary amides is 1. The highest BCUT2D eigenvalue weighted by Gasteiger charge is 2.13. The normalized spacial score (nSPS) is 9.86. The molecule has 0 aliphatic carbocycles. The Morgan fingerprint density at radius 3 is 2.23 bits per heavy atom. The molecule has 0 atom stereocenters. The third-order valence-corrected chi connectivity index (χ3v) is 2.83. The average molecular weight is 300 g/mol. The molecule has 2 aromatic rings. The Bertz CT molecular complexity index is 641. The Balaban J connectivity index is 1.98. The number of nitrogens with zero attached hydrogens (tertiary/aromatic N) is 1. The minimum atomic E-state index is -0.548. The lowest BCUT2D eigenvalue weighted by Crippen LogP contribution is -2.29. The van der Waals surface area contributed by atoms with E-state index in [1.165, 1.54) is 4.90 Å². The lowest BCUT2D eigenvalue weighted by molar-refractivity contribution is -0.119. The molecule has 0 bridgehead atoms. The summed E-state index contributed by atoms with van der Waals surface area (Å²) in [6, 6.07) is 15.5. The number of carbonyl (C=O) groups excluding carboxylic acids is 2. The molecule has 114 valence electrons. The highest BCUT2D eigenvalue weighted by atomic mass is 16.6. The second-order valence-corrected chi connectivity index (χ2v) is 4.49. The molecular formula is C16H16N2O4. The zero-order valence-electron chi connectivity index (χ0n) is 12.1. The van der Waals surface area contributed by atoms with Crippen LogP contribution in [-0.4, -0.2) is 25.7 Å².